The highest BCUT2D eigenvalue weighted by atomic mass is 32.1. The molecule has 0 unspecified atom stereocenters. The van der Waals surface area contributed by atoms with Crippen LogP contribution in [0.3, 0.4) is 0 Å². The van der Waals surface area contributed by atoms with E-state index in [1.807, 2.05) is 36.4 Å². The largest absolute Gasteiger partial charge is 0.291 e. The van der Waals surface area contributed by atoms with Crippen LogP contribution in [0.25, 0.3) is 22.2 Å². The molecule has 124 valence electrons. The molecule has 2 aromatic heterocycles. The quantitative estimate of drug-likeness (QED) is 0.569. The Bertz CT molecular complexity index is 1110. The number of aromatic nitrogens is 3. The summed E-state index contributed by atoms with van der Waals surface area (Å²) >= 11 is 1.39. The van der Waals surface area contributed by atoms with Crippen LogP contribution in [0.5, 0.6) is 0 Å². The van der Waals surface area contributed by atoms with Gasteiger partial charge in [-0.25, -0.2) is 4.98 Å². The Morgan fingerprint density at radius 1 is 1.04 bits per heavy atom. The Hall–Kier alpha value is -2.79. The van der Waals surface area contributed by atoms with E-state index in [2.05, 4.69) is 41.3 Å². The highest BCUT2D eigenvalue weighted by molar-refractivity contribution is 7.15. The molecule has 25 heavy (non-hydrogen) atoms. The summed E-state index contributed by atoms with van der Waals surface area (Å²) in [6.07, 6.45) is 3.67. The molecular weight excluding hydrogens is 330 g/mol. The number of nitrogens with zero attached hydrogens (tertiary/aromatic N) is 3. The van der Waals surface area contributed by atoms with Crippen molar-refractivity contribution in [1.29, 1.82) is 0 Å². The average Bonchev–Trinajstić information content (AvgIpc) is 3.16. The lowest BCUT2D eigenvalue weighted by molar-refractivity contribution is 0.810. The summed E-state index contributed by atoms with van der Waals surface area (Å²) in [5.41, 5.74) is 3.24. The van der Waals surface area contributed by atoms with Crippen LogP contribution in [0.1, 0.15) is 24.7 Å². The second-order valence-corrected chi connectivity index (χ2v) is 6.89. The first-order valence-electron chi connectivity index (χ1n) is 8.30. The first kappa shape index (κ1) is 15.7. The molecule has 0 aliphatic carbocycles. The molecule has 0 amide bonds. The van der Waals surface area contributed by atoms with Gasteiger partial charge in [-0.05, 0) is 29.2 Å². The van der Waals surface area contributed by atoms with Crippen molar-refractivity contribution in [3.63, 3.8) is 0 Å². The van der Waals surface area contributed by atoms with E-state index in [-0.39, 0.29) is 5.56 Å². The summed E-state index contributed by atoms with van der Waals surface area (Å²) in [6.45, 7) is 2.07. The summed E-state index contributed by atoms with van der Waals surface area (Å²) in [6, 6.07) is 18.4. The monoisotopic (exact) mass is 347 g/mol. The molecule has 0 spiro atoms. The second kappa shape index (κ2) is 6.61. The fraction of sp³-hybridized carbons (Fsp3) is 0.150. The molecule has 0 saturated carbocycles. The van der Waals surface area contributed by atoms with Gasteiger partial charge in [-0.2, -0.15) is 4.52 Å². The summed E-state index contributed by atoms with van der Waals surface area (Å²) in [4.78, 5) is 17.6. The van der Waals surface area contributed by atoms with Crippen LogP contribution in [0.2, 0.25) is 0 Å². The molecule has 0 saturated heterocycles. The molecule has 0 aliphatic rings. The second-order valence-electron chi connectivity index (χ2n) is 5.88. The van der Waals surface area contributed by atoms with Crippen molar-refractivity contribution in [3.8, 4) is 11.1 Å². The van der Waals surface area contributed by atoms with Gasteiger partial charge >= 0.3 is 0 Å². The first-order chi connectivity index (χ1) is 12.2. The Morgan fingerprint density at radius 3 is 2.44 bits per heavy atom. The van der Waals surface area contributed by atoms with E-state index in [1.165, 1.54) is 21.4 Å². The molecule has 2 heterocycles. The molecule has 0 atom stereocenters. The van der Waals surface area contributed by atoms with Crippen molar-refractivity contribution in [1.82, 2.24) is 14.6 Å². The third kappa shape index (κ3) is 3.10. The van der Waals surface area contributed by atoms with E-state index in [4.69, 9.17) is 0 Å². The molecule has 0 fully saturated rings. The molecule has 4 aromatic rings. The fourth-order valence-electron chi connectivity index (χ4n) is 2.76. The maximum Gasteiger partial charge on any atom is 0.291 e. The highest BCUT2D eigenvalue weighted by Gasteiger charge is 2.09. The van der Waals surface area contributed by atoms with Crippen LogP contribution in [-0.4, -0.2) is 14.6 Å². The SMILES string of the molecule is CCCc1nc2s/c(=C\c3ccc(-c4ccccc4)cc3)c(=O)n2n1. The molecule has 0 N–H and O–H groups in total. The van der Waals surface area contributed by atoms with Crippen molar-refractivity contribution < 1.29 is 0 Å². The van der Waals surface area contributed by atoms with E-state index >= 15 is 0 Å². The Balaban J connectivity index is 1.69. The molecule has 4 nitrogen and oxygen atoms in total. The number of hydrogen-bond donors (Lipinski definition) is 0. The standard InChI is InChI=1S/C20H17N3OS/c1-2-6-18-21-20-23(22-18)19(24)17(25-20)13-14-9-11-16(12-10-14)15-7-4-3-5-8-15/h3-5,7-13H,2,6H2,1H3/b17-13-. The number of rotatable bonds is 4. The molecular formula is C20H17N3OS. The van der Waals surface area contributed by atoms with E-state index < -0.39 is 0 Å². The maximum absolute atomic E-state index is 12.5. The van der Waals surface area contributed by atoms with Crippen molar-refractivity contribution in [2.75, 3.05) is 0 Å². The van der Waals surface area contributed by atoms with Crippen molar-refractivity contribution in [2.24, 2.45) is 0 Å². The minimum Gasteiger partial charge on any atom is -0.266 e. The third-order valence-corrected chi connectivity index (χ3v) is 4.97. The normalized spacial score (nSPS) is 12.1. The van der Waals surface area contributed by atoms with Gasteiger partial charge < -0.3 is 0 Å². The van der Waals surface area contributed by atoms with Gasteiger partial charge in [-0.3, -0.25) is 4.79 Å². The summed E-state index contributed by atoms with van der Waals surface area (Å²) < 4.78 is 2.07. The van der Waals surface area contributed by atoms with Gasteiger partial charge in [-0.1, -0.05) is 72.9 Å². The van der Waals surface area contributed by atoms with E-state index in [9.17, 15) is 4.79 Å². The van der Waals surface area contributed by atoms with Crippen molar-refractivity contribution >= 4 is 22.4 Å². The lowest BCUT2D eigenvalue weighted by Gasteiger charge is -2.01. The van der Waals surface area contributed by atoms with Gasteiger partial charge in [0.1, 0.15) is 0 Å². The summed E-state index contributed by atoms with van der Waals surface area (Å²) in [5, 5.41) is 4.30. The fourth-order valence-corrected chi connectivity index (χ4v) is 3.68. The topological polar surface area (TPSA) is 47.3 Å². The number of thiazole rings is 1. The first-order valence-corrected chi connectivity index (χ1v) is 9.12. The van der Waals surface area contributed by atoms with Crippen LogP contribution in [0, 0.1) is 0 Å². The molecule has 5 heteroatoms. The predicted molar refractivity (Wildman–Crippen MR) is 102 cm³/mol. The van der Waals surface area contributed by atoms with Gasteiger partial charge in [0.2, 0.25) is 4.96 Å². The van der Waals surface area contributed by atoms with E-state index in [0.717, 1.165) is 29.8 Å². The number of aryl methyl sites for hydroxylation is 1. The maximum atomic E-state index is 12.5. The van der Waals surface area contributed by atoms with Gasteiger partial charge in [0, 0.05) is 6.42 Å². The predicted octanol–water partition coefficient (Wildman–Crippen LogP) is 3.32. The highest BCUT2D eigenvalue weighted by Crippen LogP contribution is 2.19. The smallest absolute Gasteiger partial charge is 0.266 e. The molecule has 0 bridgehead atoms. The van der Waals surface area contributed by atoms with E-state index in [1.54, 1.807) is 0 Å². The lowest BCUT2D eigenvalue weighted by Crippen LogP contribution is -2.23. The molecule has 4 rings (SSSR count). The zero-order valence-corrected chi connectivity index (χ0v) is 14.7. The summed E-state index contributed by atoms with van der Waals surface area (Å²) in [7, 11) is 0. The number of benzene rings is 2. The Labute approximate surface area is 149 Å². The van der Waals surface area contributed by atoms with E-state index in [0.29, 0.717) is 9.49 Å². The zero-order chi connectivity index (χ0) is 17.2. The Morgan fingerprint density at radius 2 is 1.76 bits per heavy atom. The van der Waals surface area contributed by atoms with Crippen molar-refractivity contribution in [2.45, 2.75) is 19.8 Å². The minimum atomic E-state index is -0.0954. The third-order valence-electron chi connectivity index (χ3n) is 4.01. The van der Waals surface area contributed by atoms with Crippen LogP contribution < -0.4 is 10.1 Å². The van der Waals surface area contributed by atoms with Crippen LogP contribution >= 0.6 is 11.3 Å². The lowest BCUT2D eigenvalue weighted by atomic mass is 10.0. The Kier molecular flexibility index (Phi) is 4.15. The number of fused-ring (bicyclic) bond motifs is 1. The summed E-state index contributed by atoms with van der Waals surface area (Å²) in [5.74, 6) is 0.740. The van der Waals surface area contributed by atoms with Gasteiger partial charge in [-0.15, -0.1) is 5.10 Å². The van der Waals surface area contributed by atoms with Crippen LogP contribution in [0.15, 0.2) is 59.4 Å². The van der Waals surface area contributed by atoms with Crippen molar-refractivity contribution in [3.05, 3.63) is 80.9 Å². The number of hydrogen-bond acceptors (Lipinski definition) is 4. The molecule has 0 aliphatic heterocycles. The average molecular weight is 347 g/mol. The molecule has 2 aromatic carbocycles. The minimum absolute atomic E-state index is 0.0954. The van der Waals surface area contributed by atoms with Gasteiger partial charge in [0.05, 0.1) is 4.53 Å². The van der Waals surface area contributed by atoms with Crippen LogP contribution in [0.4, 0.5) is 0 Å². The van der Waals surface area contributed by atoms with Gasteiger partial charge in [0.25, 0.3) is 5.56 Å². The molecule has 0 radical (unpaired) electrons. The van der Waals surface area contributed by atoms with Crippen LogP contribution in [-0.2, 0) is 6.42 Å². The zero-order valence-electron chi connectivity index (χ0n) is 13.8. The van der Waals surface area contributed by atoms with Gasteiger partial charge in [0.15, 0.2) is 5.82 Å².